The van der Waals surface area contributed by atoms with Crippen molar-refractivity contribution in [1.29, 1.82) is 0 Å². The van der Waals surface area contributed by atoms with Crippen molar-refractivity contribution in [1.82, 2.24) is 14.8 Å². The number of hydroxylamine groups is 2. The van der Waals surface area contributed by atoms with Crippen molar-refractivity contribution in [3.8, 4) is 0 Å². The lowest BCUT2D eigenvalue weighted by molar-refractivity contribution is -0.0758. The molecule has 9 heteroatoms. The summed E-state index contributed by atoms with van der Waals surface area (Å²) in [4.78, 5) is 17.8. The molecule has 1 aliphatic heterocycles. The minimum absolute atomic E-state index is 0.156. The van der Waals surface area contributed by atoms with Crippen LogP contribution in [0.4, 0.5) is 8.78 Å². The molecule has 3 rings (SSSR count). The standard InChI is InChI=1S/C20H24BrF2N3O3/c1-4-13-18(21)12(9-15(22)19(13)23)10-16-14(20(27)25(2)28-3)11-26(24-16)17-7-5-6-8-29-17/h9,11,17H,4-8,10H2,1-3H3. The Kier molecular flexibility index (Phi) is 7.02. The number of aromatic nitrogens is 2. The summed E-state index contributed by atoms with van der Waals surface area (Å²) in [6.07, 6.45) is 4.67. The smallest absolute Gasteiger partial charge is 0.280 e. The molecule has 0 spiro atoms. The van der Waals surface area contributed by atoms with E-state index < -0.39 is 11.6 Å². The van der Waals surface area contributed by atoms with E-state index in [-0.39, 0.29) is 24.1 Å². The maximum absolute atomic E-state index is 14.1. The Labute approximate surface area is 176 Å². The minimum atomic E-state index is -0.919. The van der Waals surface area contributed by atoms with Gasteiger partial charge in [0.25, 0.3) is 5.91 Å². The fraction of sp³-hybridized carbons (Fsp3) is 0.500. The molecule has 1 aliphatic rings. The molecular weight excluding hydrogens is 448 g/mol. The molecule has 1 aromatic carbocycles. The van der Waals surface area contributed by atoms with Gasteiger partial charge >= 0.3 is 0 Å². The van der Waals surface area contributed by atoms with E-state index >= 15 is 0 Å². The van der Waals surface area contributed by atoms with Gasteiger partial charge < -0.3 is 4.74 Å². The van der Waals surface area contributed by atoms with E-state index in [9.17, 15) is 13.6 Å². The zero-order chi connectivity index (χ0) is 21.1. The number of benzene rings is 1. The molecule has 1 aromatic heterocycles. The minimum Gasteiger partial charge on any atom is -0.357 e. The number of halogens is 3. The molecule has 0 radical (unpaired) electrons. The van der Waals surface area contributed by atoms with Gasteiger partial charge in [-0.2, -0.15) is 5.10 Å². The van der Waals surface area contributed by atoms with E-state index in [0.717, 1.165) is 30.4 Å². The third kappa shape index (κ3) is 4.51. The number of rotatable bonds is 6. The first-order valence-corrected chi connectivity index (χ1v) is 10.3. The molecule has 158 valence electrons. The zero-order valence-corrected chi connectivity index (χ0v) is 18.3. The molecular formula is C20H24BrF2N3O3. The summed E-state index contributed by atoms with van der Waals surface area (Å²) in [7, 11) is 2.90. The Morgan fingerprint density at radius 3 is 2.83 bits per heavy atom. The summed E-state index contributed by atoms with van der Waals surface area (Å²) < 4.78 is 36.1. The van der Waals surface area contributed by atoms with Gasteiger partial charge in [0.2, 0.25) is 0 Å². The predicted octanol–water partition coefficient (Wildman–Crippen LogP) is 4.41. The number of amides is 1. The lowest BCUT2D eigenvalue weighted by Crippen LogP contribution is -2.26. The van der Waals surface area contributed by atoms with Crippen LogP contribution < -0.4 is 0 Å². The van der Waals surface area contributed by atoms with Crippen LogP contribution in [-0.4, -0.2) is 41.5 Å². The van der Waals surface area contributed by atoms with Crippen molar-refractivity contribution in [2.75, 3.05) is 20.8 Å². The fourth-order valence-electron chi connectivity index (χ4n) is 3.40. The third-order valence-electron chi connectivity index (χ3n) is 5.08. The molecule has 1 fully saturated rings. The second-order valence-electron chi connectivity index (χ2n) is 6.93. The summed E-state index contributed by atoms with van der Waals surface area (Å²) in [5.41, 5.74) is 1.56. The largest absolute Gasteiger partial charge is 0.357 e. The van der Waals surface area contributed by atoms with E-state index in [1.54, 1.807) is 17.8 Å². The van der Waals surface area contributed by atoms with Crippen LogP contribution in [0, 0.1) is 11.6 Å². The summed E-state index contributed by atoms with van der Waals surface area (Å²) in [6.45, 7) is 2.39. The van der Waals surface area contributed by atoms with Crippen LogP contribution in [-0.2, 0) is 22.4 Å². The average molecular weight is 472 g/mol. The highest BCUT2D eigenvalue weighted by atomic mass is 79.9. The summed E-state index contributed by atoms with van der Waals surface area (Å²) >= 11 is 3.39. The number of carbonyl (C=O) groups excluding carboxylic acids is 1. The Hall–Kier alpha value is -1.84. The number of nitrogens with zero attached hydrogens (tertiary/aromatic N) is 3. The van der Waals surface area contributed by atoms with Gasteiger partial charge in [0.05, 0.1) is 18.4 Å². The van der Waals surface area contributed by atoms with Crippen LogP contribution in [0.15, 0.2) is 16.7 Å². The van der Waals surface area contributed by atoms with Crippen molar-refractivity contribution in [3.63, 3.8) is 0 Å². The number of carbonyl (C=O) groups is 1. The normalized spacial score (nSPS) is 16.8. The molecule has 0 N–H and O–H groups in total. The highest BCUT2D eigenvalue weighted by Gasteiger charge is 2.26. The van der Waals surface area contributed by atoms with Crippen molar-refractivity contribution in [2.45, 2.75) is 45.3 Å². The first kappa shape index (κ1) is 21.9. The van der Waals surface area contributed by atoms with Gasteiger partial charge in [-0.3, -0.25) is 9.63 Å². The molecule has 2 aromatic rings. The molecule has 1 amide bonds. The van der Waals surface area contributed by atoms with Gasteiger partial charge in [-0.15, -0.1) is 0 Å². The number of hydrogen-bond donors (Lipinski definition) is 0. The Morgan fingerprint density at radius 1 is 1.45 bits per heavy atom. The number of ether oxygens (including phenoxy) is 1. The SMILES string of the molecule is CCc1c(F)c(F)cc(Cc2nn(C3CCCCO3)cc2C(=O)N(C)OC)c1Br. The maximum atomic E-state index is 14.1. The van der Waals surface area contributed by atoms with Gasteiger partial charge in [-0.25, -0.2) is 18.5 Å². The van der Waals surface area contributed by atoms with Crippen LogP contribution in [0.25, 0.3) is 0 Å². The van der Waals surface area contributed by atoms with Crippen LogP contribution in [0.2, 0.25) is 0 Å². The van der Waals surface area contributed by atoms with Gasteiger partial charge in [-0.05, 0) is 37.3 Å². The molecule has 0 aliphatic carbocycles. The molecule has 1 atom stereocenters. The van der Waals surface area contributed by atoms with Gasteiger partial charge in [0.15, 0.2) is 11.6 Å². The third-order valence-corrected chi connectivity index (χ3v) is 6.07. The molecule has 0 saturated carbocycles. The van der Waals surface area contributed by atoms with Crippen molar-refractivity contribution < 1.29 is 23.1 Å². The summed E-state index contributed by atoms with van der Waals surface area (Å²) in [5, 5.41) is 5.67. The second-order valence-corrected chi connectivity index (χ2v) is 7.72. The Balaban J connectivity index is 2.02. The molecule has 1 saturated heterocycles. The van der Waals surface area contributed by atoms with Gasteiger partial charge in [0.1, 0.15) is 6.23 Å². The Bertz CT molecular complexity index is 898. The highest BCUT2D eigenvalue weighted by molar-refractivity contribution is 9.10. The highest BCUT2D eigenvalue weighted by Crippen LogP contribution is 2.30. The predicted molar refractivity (Wildman–Crippen MR) is 106 cm³/mol. The first-order valence-electron chi connectivity index (χ1n) is 9.54. The lowest BCUT2D eigenvalue weighted by atomic mass is 10.0. The Morgan fingerprint density at radius 2 is 2.21 bits per heavy atom. The van der Waals surface area contributed by atoms with Gasteiger partial charge in [-0.1, -0.05) is 22.9 Å². The second kappa shape index (κ2) is 9.32. The molecule has 29 heavy (non-hydrogen) atoms. The molecule has 6 nitrogen and oxygen atoms in total. The summed E-state index contributed by atoms with van der Waals surface area (Å²) in [6, 6.07) is 1.14. The van der Waals surface area contributed by atoms with Crippen LogP contribution in [0.5, 0.6) is 0 Å². The van der Waals surface area contributed by atoms with Crippen molar-refractivity contribution >= 4 is 21.8 Å². The quantitative estimate of drug-likeness (QED) is 0.462. The average Bonchev–Trinajstić information content (AvgIpc) is 3.15. The van der Waals surface area contributed by atoms with Crippen LogP contribution >= 0.6 is 15.9 Å². The molecule has 1 unspecified atom stereocenters. The van der Waals surface area contributed by atoms with Crippen LogP contribution in [0.1, 0.15) is 59.6 Å². The van der Waals surface area contributed by atoms with E-state index in [2.05, 4.69) is 21.0 Å². The lowest BCUT2D eigenvalue weighted by Gasteiger charge is -2.22. The number of hydrogen-bond acceptors (Lipinski definition) is 4. The fourth-order valence-corrected chi connectivity index (χ4v) is 4.11. The van der Waals surface area contributed by atoms with E-state index in [1.165, 1.54) is 14.2 Å². The monoisotopic (exact) mass is 471 g/mol. The van der Waals surface area contributed by atoms with E-state index in [1.807, 2.05) is 0 Å². The first-order chi connectivity index (χ1) is 13.9. The van der Waals surface area contributed by atoms with E-state index in [0.29, 0.717) is 34.3 Å². The van der Waals surface area contributed by atoms with Crippen molar-refractivity contribution in [2.24, 2.45) is 0 Å². The molecule has 2 heterocycles. The molecule has 0 bridgehead atoms. The zero-order valence-electron chi connectivity index (χ0n) is 16.7. The maximum Gasteiger partial charge on any atom is 0.280 e. The topological polar surface area (TPSA) is 56.6 Å². The van der Waals surface area contributed by atoms with Crippen molar-refractivity contribution in [3.05, 3.63) is 50.8 Å². The van der Waals surface area contributed by atoms with Gasteiger partial charge in [0, 0.05) is 36.3 Å². The van der Waals surface area contributed by atoms with Crippen LogP contribution in [0.3, 0.4) is 0 Å². The van der Waals surface area contributed by atoms with E-state index in [4.69, 9.17) is 9.57 Å². The summed E-state index contributed by atoms with van der Waals surface area (Å²) in [5.74, 6) is -2.16.